The molecule has 0 saturated heterocycles. The number of aryl methyl sites for hydroxylation is 1. The SMILES string of the molecule is Cc1noc(-c2ccccc2NC(=O)c2cccc3ccccc23)n1. The van der Waals surface area contributed by atoms with Crippen molar-refractivity contribution in [2.75, 3.05) is 5.32 Å². The minimum absolute atomic E-state index is 0.180. The molecule has 0 spiro atoms. The number of amides is 1. The Labute approximate surface area is 144 Å². The van der Waals surface area contributed by atoms with Crippen molar-refractivity contribution < 1.29 is 9.32 Å². The van der Waals surface area contributed by atoms with Gasteiger partial charge in [0.2, 0.25) is 0 Å². The van der Waals surface area contributed by atoms with E-state index in [1.165, 1.54) is 0 Å². The fraction of sp³-hybridized carbons (Fsp3) is 0.0500. The number of carbonyl (C=O) groups is 1. The van der Waals surface area contributed by atoms with Crippen LogP contribution in [0.1, 0.15) is 16.2 Å². The summed E-state index contributed by atoms with van der Waals surface area (Å²) in [5.41, 5.74) is 1.94. The van der Waals surface area contributed by atoms with Gasteiger partial charge in [0, 0.05) is 5.56 Å². The van der Waals surface area contributed by atoms with Crippen LogP contribution in [-0.4, -0.2) is 16.0 Å². The molecular weight excluding hydrogens is 314 g/mol. The molecule has 1 amide bonds. The van der Waals surface area contributed by atoms with Gasteiger partial charge in [-0.1, -0.05) is 53.7 Å². The molecule has 0 unspecified atom stereocenters. The van der Waals surface area contributed by atoms with Gasteiger partial charge in [0.05, 0.1) is 11.3 Å². The minimum Gasteiger partial charge on any atom is -0.334 e. The third-order valence-electron chi connectivity index (χ3n) is 3.97. The maximum absolute atomic E-state index is 12.8. The van der Waals surface area contributed by atoms with Crippen molar-refractivity contribution in [1.29, 1.82) is 0 Å². The van der Waals surface area contributed by atoms with Gasteiger partial charge < -0.3 is 9.84 Å². The number of benzene rings is 3. The van der Waals surface area contributed by atoms with E-state index in [2.05, 4.69) is 15.5 Å². The van der Waals surface area contributed by atoms with Crippen LogP contribution in [0.2, 0.25) is 0 Å². The van der Waals surface area contributed by atoms with E-state index in [0.717, 1.165) is 10.8 Å². The van der Waals surface area contributed by atoms with Crippen molar-refractivity contribution in [2.45, 2.75) is 6.92 Å². The lowest BCUT2D eigenvalue weighted by atomic mass is 10.0. The number of hydrogen-bond acceptors (Lipinski definition) is 4. The van der Waals surface area contributed by atoms with Crippen LogP contribution in [0.4, 0.5) is 5.69 Å². The van der Waals surface area contributed by atoms with E-state index in [4.69, 9.17) is 4.52 Å². The summed E-state index contributed by atoms with van der Waals surface area (Å²) in [6.07, 6.45) is 0. The number of hydrogen-bond donors (Lipinski definition) is 1. The van der Waals surface area contributed by atoms with Gasteiger partial charge in [0.1, 0.15) is 0 Å². The lowest BCUT2D eigenvalue weighted by molar-refractivity contribution is 0.102. The Hall–Kier alpha value is -3.47. The summed E-state index contributed by atoms with van der Waals surface area (Å²) in [4.78, 5) is 17.1. The van der Waals surface area contributed by atoms with Crippen LogP contribution in [0, 0.1) is 6.92 Å². The molecule has 0 radical (unpaired) electrons. The van der Waals surface area contributed by atoms with Crippen LogP contribution in [-0.2, 0) is 0 Å². The summed E-state index contributed by atoms with van der Waals surface area (Å²) in [6.45, 7) is 1.75. The van der Waals surface area contributed by atoms with Gasteiger partial charge in [-0.15, -0.1) is 0 Å². The minimum atomic E-state index is -0.180. The van der Waals surface area contributed by atoms with Crippen molar-refractivity contribution in [3.8, 4) is 11.5 Å². The number of carbonyl (C=O) groups excluding carboxylic acids is 1. The van der Waals surface area contributed by atoms with E-state index in [9.17, 15) is 4.79 Å². The molecule has 3 aromatic carbocycles. The number of nitrogens with zero attached hydrogens (tertiary/aromatic N) is 2. The summed E-state index contributed by atoms with van der Waals surface area (Å²) < 4.78 is 5.24. The topological polar surface area (TPSA) is 68.0 Å². The Kier molecular flexibility index (Phi) is 3.74. The van der Waals surface area contributed by atoms with Crippen LogP contribution < -0.4 is 5.32 Å². The van der Waals surface area contributed by atoms with Gasteiger partial charge in [-0.2, -0.15) is 4.98 Å². The highest BCUT2D eigenvalue weighted by atomic mass is 16.5. The maximum Gasteiger partial charge on any atom is 0.260 e. The molecule has 0 aliphatic rings. The average molecular weight is 329 g/mol. The van der Waals surface area contributed by atoms with Crippen molar-refractivity contribution in [3.05, 3.63) is 78.1 Å². The highest BCUT2D eigenvalue weighted by Crippen LogP contribution is 2.27. The molecule has 1 N–H and O–H groups in total. The van der Waals surface area contributed by atoms with Gasteiger partial charge in [-0.3, -0.25) is 4.79 Å². The lowest BCUT2D eigenvalue weighted by Crippen LogP contribution is -2.13. The molecule has 1 heterocycles. The lowest BCUT2D eigenvalue weighted by Gasteiger charge is -2.10. The van der Waals surface area contributed by atoms with Gasteiger partial charge in [0.15, 0.2) is 5.82 Å². The quantitative estimate of drug-likeness (QED) is 0.603. The molecule has 0 bridgehead atoms. The van der Waals surface area contributed by atoms with Crippen LogP contribution in [0.5, 0.6) is 0 Å². The largest absolute Gasteiger partial charge is 0.334 e. The summed E-state index contributed by atoms with van der Waals surface area (Å²) in [5, 5.41) is 8.71. The first kappa shape index (κ1) is 15.1. The zero-order chi connectivity index (χ0) is 17.2. The molecule has 4 rings (SSSR count). The Balaban J connectivity index is 1.72. The van der Waals surface area contributed by atoms with Crippen molar-refractivity contribution >= 4 is 22.4 Å². The molecule has 1 aromatic heterocycles. The highest BCUT2D eigenvalue weighted by Gasteiger charge is 2.15. The van der Waals surface area contributed by atoms with Crippen LogP contribution in [0.25, 0.3) is 22.2 Å². The number of fused-ring (bicyclic) bond motifs is 1. The van der Waals surface area contributed by atoms with E-state index < -0.39 is 0 Å². The molecule has 122 valence electrons. The zero-order valence-electron chi connectivity index (χ0n) is 13.6. The van der Waals surface area contributed by atoms with Gasteiger partial charge >= 0.3 is 0 Å². The van der Waals surface area contributed by atoms with Gasteiger partial charge in [0.25, 0.3) is 11.8 Å². The van der Waals surface area contributed by atoms with E-state index in [0.29, 0.717) is 28.5 Å². The summed E-state index contributed by atoms with van der Waals surface area (Å²) in [5.74, 6) is 0.747. The Morgan fingerprint density at radius 3 is 2.56 bits per heavy atom. The van der Waals surface area contributed by atoms with E-state index in [-0.39, 0.29) is 5.91 Å². The Morgan fingerprint density at radius 2 is 1.72 bits per heavy atom. The third-order valence-corrected chi connectivity index (χ3v) is 3.97. The Bertz CT molecular complexity index is 1060. The molecule has 4 aromatic rings. The number of rotatable bonds is 3. The molecule has 5 heteroatoms. The standard InChI is InChI=1S/C20H15N3O2/c1-13-21-20(25-23-13)17-10-4-5-12-18(17)22-19(24)16-11-6-8-14-7-2-3-9-15(14)16/h2-12H,1H3,(H,22,24). The second-order valence-corrected chi connectivity index (χ2v) is 5.67. The number of anilines is 1. The fourth-order valence-corrected chi connectivity index (χ4v) is 2.80. The van der Waals surface area contributed by atoms with Crippen molar-refractivity contribution in [2.24, 2.45) is 0 Å². The first-order valence-corrected chi connectivity index (χ1v) is 7.91. The second kappa shape index (κ2) is 6.20. The molecule has 25 heavy (non-hydrogen) atoms. The van der Waals surface area contributed by atoms with E-state index >= 15 is 0 Å². The number of aromatic nitrogens is 2. The van der Waals surface area contributed by atoms with Crippen molar-refractivity contribution in [1.82, 2.24) is 10.1 Å². The number of para-hydroxylation sites is 1. The van der Waals surface area contributed by atoms with E-state index in [1.807, 2.05) is 66.7 Å². The van der Waals surface area contributed by atoms with Gasteiger partial charge in [-0.25, -0.2) is 0 Å². The monoisotopic (exact) mass is 329 g/mol. The zero-order valence-corrected chi connectivity index (χ0v) is 13.6. The van der Waals surface area contributed by atoms with Crippen LogP contribution >= 0.6 is 0 Å². The Morgan fingerprint density at radius 1 is 0.960 bits per heavy atom. The first-order chi connectivity index (χ1) is 12.2. The first-order valence-electron chi connectivity index (χ1n) is 7.91. The maximum atomic E-state index is 12.8. The van der Waals surface area contributed by atoms with Gasteiger partial charge in [-0.05, 0) is 35.9 Å². The molecule has 0 aliphatic heterocycles. The second-order valence-electron chi connectivity index (χ2n) is 5.67. The molecular formula is C20H15N3O2. The summed E-state index contributed by atoms with van der Waals surface area (Å²) in [7, 11) is 0. The molecule has 0 fully saturated rings. The normalized spacial score (nSPS) is 10.8. The smallest absolute Gasteiger partial charge is 0.260 e. The van der Waals surface area contributed by atoms with Crippen LogP contribution in [0.3, 0.4) is 0 Å². The van der Waals surface area contributed by atoms with Crippen molar-refractivity contribution in [3.63, 3.8) is 0 Å². The van der Waals surface area contributed by atoms with E-state index in [1.54, 1.807) is 6.92 Å². The summed E-state index contributed by atoms with van der Waals surface area (Å²) in [6, 6.07) is 20.9. The third kappa shape index (κ3) is 2.87. The fourth-order valence-electron chi connectivity index (χ4n) is 2.80. The summed E-state index contributed by atoms with van der Waals surface area (Å²) >= 11 is 0. The predicted octanol–water partition coefficient (Wildman–Crippen LogP) is 4.45. The average Bonchev–Trinajstić information content (AvgIpc) is 3.08. The van der Waals surface area contributed by atoms with Crippen LogP contribution in [0.15, 0.2) is 71.3 Å². The predicted molar refractivity (Wildman–Crippen MR) is 96.4 cm³/mol. The molecule has 0 atom stereocenters. The molecule has 5 nitrogen and oxygen atoms in total. The molecule has 0 saturated carbocycles. The highest BCUT2D eigenvalue weighted by molar-refractivity contribution is 6.13. The number of nitrogens with one attached hydrogen (secondary N) is 1. The molecule has 0 aliphatic carbocycles.